The molecule has 0 aromatic heterocycles. The fourth-order valence-electron chi connectivity index (χ4n) is 1.22. The third-order valence-corrected chi connectivity index (χ3v) is 2.26. The summed E-state index contributed by atoms with van der Waals surface area (Å²) in [4.78, 5) is 10.1. The minimum absolute atomic E-state index is 0.0361. The van der Waals surface area contributed by atoms with Crippen LogP contribution in [-0.2, 0) is 0 Å². The van der Waals surface area contributed by atoms with E-state index in [4.69, 9.17) is 11.6 Å². The Bertz CT molecular complexity index is 411. The second-order valence-corrected chi connectivity index (χ2v) is 3.08. The molecule has 0 radical (unpaired) electrons. The highest BCUT2D eigenvalue weighted by Gasteiger charge is 2.24. The lowest BCUT2D eigenvalue weighted by molar-refractivity contribution is -0.383. The number of rotatable bonds is 3. The summed E-state index contributed by atoms with van der Waals surface area (Å²) in [5.74, 6) is -0.712. The van der Waals surface area contributed by atoms with Gasteiger partial charge in [-0.2, -0.15) is 0 Å². The van der Waals surface area contributed by atoms with Gasteiger partial charge in [0.25, 0.3) is 0 Å². The van der Waals surface area contributed by atoms with Crippen LogP contribution in [0.5, 0.6) is 0 Å². The van der Waals surface area contributed by atoms with Gasteiger partial charge in [0.05, 0.1) is 4.92 Å². The minimum Gasteiger partial charge on any atom is -0.382 e. The van der Waals surface area contributed by atoms with Gasteiger partial charge in [-0.3, -0.25) is 10.1 Å². The molecule has 1 aromatic carbocycles. The molecule has 0 heterocycles. The van der Waals surface area contributed by atoms with Crippen LogP contribution in [0, 0.1) is 15.9 Å². The van der Waals surface area contributed by atoms with Crippen LogP contribution in [0.2, 0.25) is 5.02 Å². The van der Waals surface area contributed by atoms with Gasteiger partial charge in [-0.1, -0.05) is 11.6 Å². The van der Waals surface area contributed by atoms with Gasteiger partial charge in [0.15, 0.2) is 0 Å². The number of nitro groups is 1. The van der Waals surface area contributed by atoms with Crippen molar-refractivity contribution in [3.8, 4) is 0 Å². The summed E-state index contributed by atoms with van der Waals surface area (Å²) in [7, 11) is 2.90. The van der Waals surface area contributed by atoms with E-state index in [0.717, 1.165) is 6.07 Å². The zero-order valence-electron chi connectivity index (χ0n) is 8.10. The smallest absolute Gasteiger partial charge is 0.316 e. The number of hydrogen-bond acceptors (Lipinski definition) is 4. The summed E-state index contributed by atoms with van der Waals surface area (Å²) in [5, 5.41) is 15.5. The van der Waals surface area contributed by atoms with Gasteiger partial charge in [0.1, 0.15) is 22.2 Å². The SMILES string of the molecule is CNc1cc(F)c(Cl)c(NC)c1[N+](=O)[O-]. The number of nitrogens with one attached hydrogen (secondary N) is 2. The standard InChI is InChI=1S/C8H9ClFN3O2/c1-11-5-3-4(10)6(9)7(12-2)8(5)13(14)15/h3,11-12H,1-2H3. The van der Waals surface area contributed by atoms with Crippen LogP contribution in [0.25, 0.3) is 0 Å². The highest BCUT2D eigenvalue weighted by atomic mass is 35.5. The Hall–Kier alpha value is -1.56. The van der Waals surface area contributed by atoms with Gasteiger partial charge < -0.3 is 10.6 Å². The quantitative estimate of drug-likeness (QED) is 0.622. The Morgan fingerprint density at radius 1 is 1.47 bits per heavy atom. The van der Waals surface area contributed by atoms with Crippen molar-refractivity contribution in [2.24, 2.45) is 0 Å². The largest absolute Gasteiger partial charge is 0.382 e. The minimum atomic E-state index is -0.712. The number of nitrogens with zero attached hydrogens (tertiary/aromatic N) is 1. The van der Waals surface area contributed by atoms with Gasteiger partial charge >= 0.3 is 5.69 Å². The average Bonchev–Trinajstić information content (AvgIpc) is 2.20. The second-order valence-electron chi connectivity index (χ2n) is 2.70. The number of hydrogen-bond donors (Lipinski definition) is 2. The van der Waals surface area contributed by atoms with Crippen LogP contribution < -0.4 is 10.6 Å². The topological polar surface area (TPSA) is 67.2 Å². The Morgan fingerprint density at radius 3 is 2.47 bits per heavy atom. The summed E-state index contributed by atoms with van der Waals surface area (Å²) in [6.07, 6.45) is 0. The zero-order chi connectivity index (χ0) is 11.6. The van der Waals surface area contributed by atoms with E-state index in [0.29, 0.717) is 0 Å². The zero-order valence-corrected chi connectivity index (χ0v) is 8.85. The predicted molar refractivity (Wildman–Crippen MR) is 57.2 cm³/mol. The molecule has 0 spiro atoms. The van der Waals surface area contributed by atoms with Gasteiger partial charge in [0.2, 0.25) is 0 Å². The number of benzene rings is 1. The van der Waals surface area contributed by atoms with Crippen molar-refractivity contribution in [1.29, 1.82) is 0 Å². The summed E-state index contributed by atoms with van der Waals surface area (Å²) in [6, 6.07) is 0.987. The van der Waals surface area contributed by atoms with E-state index in [1.54, 1.807) is 0 Å². The fourth-order valence-corrected chi connectivity index (χ4v) is 1.46. The van der Waals surface area contributed by atoms with Crippen molar-refractivity contribution >= 4 is 28.7 Å². The Balaban J connectivity index is 3.56. The molecule has 82 valence electrons. The molecule has 1 rings (SSSR count). The summed E-state index contributed by atoms with van der Waals surface area (Å²) in [6.45, 7) is 0. The maximum atomic E-state index is 13.2. The van der Waals surface area contributed by atoms with Crippen molar-refractivity contribution in [2.75, 3.05) is 24.7 Å². The van der Waals surface area contributed by atoms with Gasteiger partial charge in [-0.05, 0) is 0 Å². The fraction of sp³-hybridized carbons (Fsp3) is 0.250. The number of halogens is 2. The Morgan fingerprint density at radius 2 is 2.07 bits per heavy atom. The molecule has 0 atom stereocenters. The maximum Gasteiger partial charge on any atom is 0.316 e. The van der Waals surface area contributed by atoms with E-state index in [1.165, 1.54) is 14.1 Å². The first kappa shape index (κ1) is 11.5. The normalized spacial score (nSPS) is 9.87. The summed E-state index contributed by atoms with van der Waals surface area (Å²) in [5.41, 5.74) is -0.233. The van der Waals surface area contributed by atoms with E-state index in [-0.39, 0.29) is 22.1 Å². The van der Waals surface area contributed by atoms with Crippen molar-refractivity contribution in [3.63, 3.8) is 0 Å². The van der Waals surface area contributed by atoms with E-state index < -0.39 is 10.7 Å². The van der Waals surface area contributed by atoms with E-state index in [2.05, 4.69) is 10.6 Å². The van der Waals surface area contributed by atoms with E-state index in [9.17, 15) is 14.5 Å². The average molecular weight is 234 g/mol. The lowest BCUT2D eigenvalue weighted by atomic mass is 10.2. The lowest BCUT2D eigenvalue weighted by Crippen LogP contribution is -2.03. The van der Waals surface area contributed by atoms with E-state index >= 15 is 0 Å². The molecular weight excluding hydrogens is 225 g/mol. The van der Waals surface area contributed by atoms with Gasteiger partial charge in [-0.15, -0.1) is 0 Å². The molecule has 0 unspecified atom stereocenters. The lowest BCUT2D eigenvalue weighted by Gasteiger charge is -2.09. The molecule has 1 aromatic rings. The highest BCUT2D eigenvalue weighted by Crippen LogP contribution is 2.39. The molecule has 0 aliphatic heterocycles. The summed E-state index contributed by atoms with van der Waals surface area (Å²) < 4.78 is 13.2. The van der Waals surface area contributed by atoms with Crippen LogP contribution in [0.3, 0.4) is 0 Å². The van der Waals surface area contributed by atoms with Gasteiger partial charge in [-0.25, -0.2) is 4.39 Å². The maximum absolute atomic E-state index is 13.2. The summed E-state index contributed by atoms with van der Waals surface area (Å²) >= 11 is 5.60. The first-order chi connectivity index (χ1) is 7.02. The third kappa shape index (κ3) is 1.94. The molecule has 0 fully saturated rings. The van der Waals surface area contributed by atoms with Crippen LogP contribution >= 0.6 is 11.6 Å². The Labute approximate surface area is 90.4 Å². The predicted octanol–water partition coefficient (Wildman–Crippen LogP) is 2.47. The second kappa shape index (κ2) is 4.31. The molecule has 0 saturated heterocycles. The Kier molecular flexibility index (Phi) is 3.31. The molecule has 0 aliphatic carbocycles. The van der Waals surface area contributed by atoms with Crippen LogP contribution in [0.1, 0.15) is 0 Å². The van der Waals surface area contributed by atoms with Crippen molar-refractivity contribution in [1.82, 2.24) is 0 Å². The van der Waals surface area contributed by atoms with Crippen molar-refractivity contribution in [3.05, 3.63) is 27.0 Å². The molecular formula is C8H9ClFN3O2. The monoisotopic (exact) mass is 233 g/mol. The van der Waals surface area contributed by atoms with Gasteiger partial charge in [0, 0.05) is 20.2 Å². The number of anilines is 2. The van der Waals surface area contributed by atoms with Crippen molar-refractivity contribution in [2.45, 2.75) is 0 Å². The molecule has 2 N–H and O–H groups in total. The molecule has 0 amide bonds. The van der Waals surface area contributed by atoms with Crippen LogP contribution in [0.15, 0.2) is 6.07 Å². The molecule has 0 bridgehead atoms. The third-order valence-electron chi connectivity index (χ3n) is 1.89. The molecule has 0 saturated carbocycles. The highest BCUT2D eigenvalue weighted by molar-refractivity contribution is 6.34. The molecule has 15 heavy (non-hydrogen) atoms. The van der Waals surface area contributed by atoms with Crippen LogP contribution in [0.4, 0.5) is 21.5 Å². The number of nitro benzene ring substituents is 1. The molecule has 7 heteroatoms. The molecule has 5 nitrogen and oxygen atoms in total. The first-order valence-electron chi connectivity index (χ1n) is 4.04. The van der Waals surface area contributed by atoms with Crippen molar-refractivity contribution < 1.29 is 9.31 Å². The molecule has 0 aliphatic rings. The first-order valence-corrected chi connectivity index (χ1v) is 4.42. The van der Waals surface area contributed by atoms with E-state index in [1.807, 2.05) is 0 Å². The van der Waals surface area contributed by atoms with Crippen LogP contribution in [-0.4, -0.2) is 19.0 Å².